The number of imide groups is 1. The van der Waals surface area contributed by atoms with Crippen LogP contribution in [0.3, 0.4) is 0 Å². The van der Waals surface area contributed by atoms with Gasteiger partial charge in [-0.2, -0.15) is 0 Å². The molecular formula is C32H32N3O7S2-. The first kappa shape index (κ1) is 35.4. The van der Waals surface area contributed by atoms with Gasteiger partial charge in [0.1, 0.15) is 11.3 Å². The molecule has 0 bridgehead atoms. The highest BCUT2D eigenvalue weighted by atomic mass is 32.1. The fourth-order valence-corrected chi connectivity index (χ4v) is 4.38. The van der Waals surface area contributed by atoms with E-state index in [1.807, 2.05) is 74.4 Å². The smallest absolute Gasteiger partial charge is 0.330 e. The molecule has 12 heteroatoms. The van der Waals surface area contributed by atoms with E-state index in [2.05, 4.69) is 46.0 Å². The summed E-state index contributed by atoms with van der Waals surface area (Å²) in [7, 11) is 3.93. The molecule has 0 spiro atoms. The van der Waals surface area contributed by atoms with Crippen molar-refractivity contribution in [1.82, 2.24) is 5.06 Å². The van der Waals surface area contributed by atoms with E-state index in [4.69, 9.17) is 4.42 Å². The van der Waals surface area contributed by atoms with Gasteiger partial charge in [0.2, 0.25) is 0 Å². The van der Waals surface area contributed by atoms with Gasteiger partial charge in [-0.05, 0) is 48.5 Å². The second-order valence-corrected chi connectivity index (χ2v) is 9.20. The highest BCUT2D eigenvalue weighted by Crippen LogP contribution is 2.41. The number of carbonyl (C=O) groups is 4. The fraction of sp³-hybridized carbons (Fsp3) is 0.219. The number of nitrogens with zero attached hydrogens (tertiary/aromatic N) is 3. The Bertz CT molecular complexity index is 1680. The summed E-state index contributed by atoms with van der Waals surface area (Å²) in [6.45, 7) is 3.79. The largest absolute Gasteiger partial charge is 0.545 e. The maximum absolute atomic E-state index is 11.8. The number of fused-ring (bicyclic) bond motifs is 2. The molecule has 2 aromatic rings. The molecule has 0 radical (unpaired) electrons. The number of hydroxylamine groups is 2. The highest BCUT2D eigenvalue weighted by Gasteiger charge is 2.31. The van der Waals surface area contributed by atoms with E-state index in [0.717, 1.165) is 34.5 Å². The zero-order valence-electron chi connectivity index (χ0n) is 24.8. The lowest BCUT2D eigenvalue weighted by Crippen LogP contribution is -2.30. The quantitative estimate of drug-likeness (QED) is 0.177. The number of aromatic carboxylic acids is 1. The summed E-state index contributed by atoms with van der Waals surface area (Å²) in [4.78, 5) is 54.4. The Morgan fingerprint density at radius 2 is 1.61 bits per heavy atom. The van der Waals surface area contributed by atoms with Crippen molar-refractivity contribution in [3.63, 3.8) is 0 Å². The molecule has 1 aliphatic carbocycles. The van der Waals surface area contributed by atoms with Gasteiger partial charge >= 0.3 is 5.97 Å². The van der Waals surface area contributed by atoms with Crippen LogP contribution in [0.1, 0.15) is 37.0 Å². The van der Waals surface area contributed by atoms with Crippen LogP contribution in [0.2, 0.25) is 0 Å². The van der Waals surface area contributed by atoms with Crippen LogP contribution >= 0.6 is 24.4 Å². The zero-order valence-corrected chi connectivity index (χ0v) is 26.5. The molecule has 3 aliphatic rings. The number of carbonyl (C=O) groups excluding carboxylic acids is 4. The Morgan fingerprint density at radius 1 is 0.977 bits per heavy atom. The summed E-state index contributed by atoms with van der Waals surface area (Å²) in [5, 5.41) is 14.0. The molecule has 2 heterocycles. The summed E-state index contributed by atoms with van der Waals surface area (Å²) in [5.74, 6) is 3.56. The summed E-state index contributed by atoms with van der Waals surface area (Å²) < 4.78 is 6.24. The van der Waals surface area contributed by atoms with Crippen LogP contribution in [0, 0.1) is 0 Å². The molecule has 2 aliphatic heterocycles. The van der Waals surface area contributed by atoms with Crippen molar-refractivity contribution in [3.05, 3.63) is 71.6 Å². The number of hydrogen-bond acceptors (Lipinski definition) is 11. The summed E-state index contributed by atoms with van der Waals surface area (Å²) in [5.41, 5.74) is 4.08. The summed E-state index contributed by atoms with van der Waals surface area (Å²) in [6, 6.07) is 18.6. The molecule has 0 saturated carbocycles. The van der Waals surface area contributed by atoms with Gasteiger partial charge < -0.3 is 24.1 Å². The average molecular weight is 635 g/mol. The van der Waals surface area contributed by atoms with Crippen molar-refractivity contribution in [2.75, 3.05) is 25.5 Å². The van der Waals surface area contributed by atoms with Gasteiger partial charge in [0, 0.05) is 80.3 Å². The third kappa shape index (κ3) is 8.39. The molecule has 2 aromatic carbocycles. The van der Waals surface area contributed by atoms with E-state index in [1.165, 1.54) is 0 Å². The molecular weight excluding hydrogens is 603 g/mol. The Hall–Kier alpha value is -4.81. The number of benzene rings is 3. The Morgan fingerprint density at radius 3 is 2.18 bits per heavy atom. The maximum atomic E-state index is 11.8. The second-order valence-electron chi connectivity index (χ2n) is 9.20. The highest BCUT2D eigenvalue weighted by molar-refractivity contribution is 7.77. The Kier molecular flexibility index (Phi) is 13.5. The van der Waals surface area contributed by atoms with Crippen molar-refractivity contribution in [3.8, 4) is 22.5 Å². The molecule has 0 N–H and O–H groups in total. The van der Waals surface area contributed by atoms with Crippen LogP contribution < -0.4 is 15.4 Å². The number of thiocarbonyl (C=S) groups is 2. The van der Waals surface area contributed by atoms with Gasteiger partial charge in [-0.25, -0.2) is 4.79 Å². The molecule has 2 amide bonds. The van der Waals surface area contributed by atoms with E-state index in [1.54, 1.807) is 12.1 Å². The first-order valence-corrected chi connectivity index (χ1v) is 14.4. The van der Waals surface area contributed by atoms with Crippen LogP contribution in [0.5, 0.6) is 0 Å². The minimum absolute atomic E-state index is 0.131. The third-order valence-corrected chi connectivity index (χ3v) is 6.19. The number of carboxylic acids is 1. The van der Waals surface area contributed by atoms with Crippen molar-refractivity contribution >= 4 is 76.6 Å². The van der Waals surface area contributed by atoms with Gasteiger partial charge in [-0.15, -0.1) is 5.06 Å². The molecule has 0 aromatic heterocycles. The lowest BCUT2D eigenvalue weighted by atomic mass is 9.90. The van der Waals surface area contributed by atoms with Crippen molar-refractivity contribution in [1.29, 1.82) is 0 Å². The maximum Gasteiger partial charge on any atom is 0.330 e. The standard InChI is InChI=1S/C24H22N2O3.C6H7NO4.2CH2S/c1-4-25-15-9-11-19-21(13-15)29-22-14-16(26(2)3)10-12-20(22)23(19)17-7-5-6-8-18(17)24(27)28;1-4(8)11-7-5(9)2-3-6(7)10;2*1-2/h5-14H,4H2,1-3H3,(H,27,28);2-3H2,1H3;2*1H2/p-1. The van der Waals surface area contributed by atoms with Crippen molar-refractivity contribution < 1.29 is 33.5 Å². The third-order valence-electron chi connectivity index (χ3n) is 6.19. The molecule has 10 nitrogen and oxygen atoms in total. The van der Waals surface area contributed by atoms with Gasteiger partial charge in [0.25, 0.3) is 11.8 Å². The van der Waals surface area contributed by atoms with E-state index in [9.17, 15) is 24.3 Å². The van der Waals surface area contributed by atoms with Gasteiger partial charge in [-0.1, -0.05) is 48.7 Å². The van der Waals surface area contributed by atoms with Gasteiger partial charge in [-0.3, -0.25) is 14.6 Å². The van der Waals surface area contributed by atoms with E-state index in [-0.39, 0.29) is 18.4 Å². The van der Waals surface area contributed by atoms with Crippen LogP contribution in [-0.4, -0.2) is 61.2 Å². The number of rotatable bonds is 5. The van der Waals surface area contributed by atoms with Crippen LogP contribution in [-0.2, 0) is 19.2 Å². The molecule has 1 fully saturated rings. The molecule has 5 rings (SSSR count). The predicted molar refractivity (Wildman–Crippen MR) is 175 cm³/mol. The SMILES string of the molecule is C=S.C=S.CC(=O)ON1C(=O)CCC1=O.CCN=c1ccc2c(-c3ccccc3C(=O)[O-])c3ccc(N(C)C)cc3oc-2c1. The lowest BCUT2D eigenvalue weighted by molar-refractivity contribution is -0.255. The summed E-state index contributed by atoms with van der Waals surface area (Å²) in [6.07, 6.45) is 0.262. The van der Waals surface area contributed by atoms with Crippen molar-refractivity contribution in [2.45, 2.75) is 26.7 Å². The molecule has 230 valence electrons. The second kappa shape index (κ2) is 16.7. The van der Waals surface area contributed by atoms with E-state index in [0.29, 0.717) is 28.5 Å². The number of carboxylic acid groups (broad SMARTS) is 1. The first-order valence-electron chi connectivity index (χ1n) is 13.2. The normalized spacial score (nSPS) is 12.4. The predicted octanol–water partition coefficient (Wildman–Crippen LogP) is 4.40. The minimum Gasteiger partial charge on any atom is -0.545 e. The fourth-order valence-electron chi connectivity index (χ4n) is 4.38. The molecule has 44 heavy (non-hydrogen) atoms. The Balaban J connectivity index is 0.000000377. The Labute approximate surface area is 265 Å². The molecule has 0 atom stereocenters. The minimum atomic E-state index is -1.20. The lowest BCUT2D eigenvalue weighted by Gasteiger charge is -2.19. The molecule has 0 unspecified atom stereocenters. The average Bonchev–Trinajstić information content (AvgIpc) is 3.33. The van der Waals surface area contributed by atoms with Crippen LogP contribution in [0.15, 0.2) is 70.1 Å². The topological polar surface area (TPSA) is 133 Å². The van der Waals surface area contributed by atoms with Crippen LogP contribution in [0.4, 0.5) is 5.69 Å². The van der Waals surface area contributed by atoms with Gasteiger partial charge in [0.05, 0.1) is 11.3 Å². The molecule has 1 saturated heterocycles. The van der Waals surface area contributed by atoms with Gasteiger partial charge in [0.15, 0.2) is 0 Å². The first-order chi connectivity index (χ1) is 21.1. The summed E-state index contributed by atoms with van der Waals surface area (Å²) >= 11 is 7.67. The van der Waals surface area contributed by atoms with E-state index >= 15 is 0 Å². The van der Waals surface area contributed by atoms with Crippen LogP contribution in [0.25, 0.3) is 33.4 Å². The number of amides is 2. The zero-order chi connectivity index (χ0) is 33.0. The number of hydrogen-bond donors (Lipinski definition) is 0. The van der Waals surface area contributed by atoms with E-state index < -0.39 is 23.8 Å². The monoisotopic (exact) mass is 634 g/mol. The number of anilines is 1. The van der Waals surface area contributed by atoms with Crippen molar-refractivity contribution in [2.24, 2.45) is 4.99 Å².